The molecule has 0 amide bonds. The third-order valence-corrected chi connectivity index (χ3v) is 3.61. The molecule has 0 spiro atoms. The van der Waals surface area contributed by atoms with E-state index in [2.05, 4.69) is 15.0 Å². The van der Waals surface area contributed by atoms with Gasteiger partial charge in [-0.25, -0.2) is 4.98 Å². The number of nitrogens with zero attached hydrogens (tertiary/aromatic N) is 4. The number of aromatic nitrogens is 3. The Balaban J connectivity index is 2.06. The molecule has 6 nitrogen and oxygen atoms in total. The first-order valence-electron chi connectivity index (χ1n) is 5.44. The van der Waals surface area contributed by atoms with Crippen LogP contribution < -0.4 is 10.5 Å². The predicted octanol–water partition coefficient (Wildman–Crippen LogP) is 0.296. The van der Waals surface area contributed by atoms with Crippen molar-refractivity contribution in [2.45, 2.75) is 6.92 Å². The molecular weight excluding hydrogens is 240 g/mol. The first-order chi connectivity index (χ1) is 8.24. The third kappa shape index (κ3) is 1.91. The minimum absolute atomic E-state index is 0.122. The van der Waals surface area contributed by atoms with Gasteiger partial charge in [-0.3, -0.25) is 4.79 Å². The van der Waals surface area contributed by atoms with Crippen molar-refractivity contribution >= 4 is 21.4 Å². The molecule has 1 aliphatic heterocycles. The Kier molecular flexibility index (Phi) is 2.56. The molecule has 0 saturated carbocycles. The van der Waals surface area contributed by atoms with E-state index in [-0.39, 0.29) is 5.56 Å². The molecule has 2 aromatic rings. The van der Waals surface area contributed by atoms with Crippen LogP contribution in [0.25, 0.3) is 4.96 Å². The maximum absolute atomic E-state index is 11.7. The van der Waals surface area contributed by atoms with Crippen molar-refractivity contribution in [2.24, 2.45) is 0 Å². The lowest BCUT2D eigenvalue weighted by Crippen LogP contribution is -2.36. The molecule has 0 unspecified atom stereocenters. The zero-order chi connectivity index (χ0) is 11.8. The van der Waals surface area contributed by atoms with Crippen LogP contribution in [0.5, 0.6) is 0 Å². The highest BCUT2D eigenvalue weighted by atomic mass is 32.1. The molecule has 0 atom stereocenters. The predicted molar refractivity (Wildman–Crippen MR) is 64.9 cm³/mol. The van der Waals surface area contributed by atoms with Gasteiger partial charge >= 0.3 is 0 Å². The highest BCUT2D eigenvalue weighted by Gasteiger charge is 2.16. The standard InChI is InChI=1S/C10H12N4O2S/c1-7-6-8(15)14-9(11-7)17-10(12-14)13-2-4-16-5-3-13/h6H,2-5H2,1H3. The number of hydrogen-bond donors (Lipinski definition) is 0. The van der Waals surface area contributed by atoms with Crippen molar-refractivity contribution in [3.63, 3.8) is 0 Å². The van der Waals surface area contributed by atoms with Crippen LogP contribution in [0.1, 0.15) is 5.69 Å². The summed E-state index contributed by atoms with van der Waals surface area (Å²) in [5.74, 6) is 0. The van der Waals surface area contributed by atoms with Crippen LogP contribution in [0, 0.1) is 6.92 Å². The van der Waals surface area contributed by atoms with E-state index >= 15 is 0 Å². The number of fused-ring (bicyclic) bond motifs is 1. The Morgan fingerprint density at radius 1 is 1.41 bits per heavy atom. The molecule has 7 heteroatoms. The van der Waals surface area contributed by atoms with Crippen molar-refractivity contribution in [2.75, 3.05) is 31.2 Å². The Hall–Kier alpha value is -1.47. The van der Waals surface area contributed by atoms with E-state index in [1.54, 1.807) is 0 Å². The molecule has 90 valence electrons. The molecule has 1 fully saturated rings. The summed E-state index contributed by atoms with van der Waals surface area (Å²) in [5, 5.41) is 5.14. The smallest absolute Gasteiger partial charge is 0.275 e. The van der Waals surface area contributed by atoms with Crippen molar-refractivity contribution < 1.29 is 4.74 Å². The van der Waals surface area contributed by atoms with E-state index < -0.39 is 0 Å². The lowest BCUT2D eigenvalue weighted by molar-refractivity contribution is 0.122. The van der Waals surface area contributed by atoms with Crippen molar-refractivity contribution in [3.05, 3.63) is 22.1 Å². The second-order valence-electron chi connectivity index (χ2n) is 3.91. The van der Waals surface area contributed by atoms with Gasteiger partial charge in [0.25, 0.3) is 5.56 Å². The molecular formula is C10H12N4O2S. The summed E-state index contributed by atoms with van der Waals surface area (Å²) >= 11 is 1.44. The molecule has 0 aromatic carbocycles. The second kappa shape index (κ2) is 4.08. The fourth-order valence-electron chi connectivity index (χ4n) is 1.79. The third-order valence-electron chi connectivity index (χ3n) is 2.64. The van der Waals surface area contributed by atoms with Crippen LogP contribution in [-0.4, -0.2) is 40.9 Å². The monoisotopic (exact) mass is 252 g/mol. The van der Waals surface area contributed by atoms with Crippen LogP contribution in [0.2, 0.25) is 0 Å². The van der Waals surface area contributed by atoms with Gasteiger partial charge in [-0.15, -0.1) is 5.10 Å². The summed E-state index contributed by atoms with van der Waals surface area (Å²) < 4.78 is 6.65. The van der Waals surface area contributed by atoms with Gasteiger partial charge in [0.05, 0.1) is 13.2 Å². The van der Waals surface area contributed by atoms with Gasteiger partial charge in [0, 0.05) is 24.8 Å². The van der Waals surface area contributed by atoms with Gasteiger partial charge in [0.2, 0.25) is 10.1 Å². The zero-order valence-corrected chi connectivity index (χ0v) is 10.2. The Morgan fingerprint density at radius 2 is 2.18 bits per heavy atom. The highest BCUT2D eigenvalue weighted by Crippen LogP contribution is 2.21. The highest BCUT2D eigenvalue weighted by molar-refractivity contribution is 7.20. The number of morpholine rings is 1. The number of hydrogen-bond acceptors (Lipinski definition) is 6. The molecule has 0 bridgehead atoms. The molecule has 3 heterocycles. The minimum atomic E-state index is -0.122. The number of aryl methyl sites for hydroxylation is 1. The van der Waals surface area contributed by atoms with Gasteiger partial charge in [-0.05, 0) is 6.92 Å². The largest absolute Gasteiger partial charge is 0.378 e. The van der Waals surface area contributed by atoms with Crippen LogP contribution in [0.4, 0.5) is 5.13 Å². The summed E-state index contributed by atoms with van der Waals surface area (Å²) in [6, 6.07) is 1.50. The number of anilines is 1. The van der Waals surface area contributed by atoms with Gasteiger partial charge < -0.3 is 9.64 Å². The number of rotatable bonds is 1. The van der Waals surface area contributed by atoms with Crippen molar-refractivity contribution in [1.82, 2.24) is 14.6 Å². The average molecular weight is 252 g/mol. The first kappa shape index (κ1) is 10.7. The van der Waals surface area contributed by atoms with E-state index in [0.717, 1.165) is 23.9 Å². The lowest BCUT2D eigenvalue weighted by Gasteiger charge is -2.25. The van der Waals surface area contributed by atoms with E-state index in [9.17, 15) is 4.79 Å². The van der Waals surface area contributed by atoms with E-state index in [0.29, 0.717) is 18.2 Å². The van der Waals surface area contributed by atoms with Crippen LogP contribution in [0.15, 0.2) is 10.9 Å². The normalized spacial score (nSPS) is 16.6. The summed E-state index contributed by atoms with van der Waals surface area (Å²) in [5.41, 5.74) is 0.607. The van der Waals surface area contributed by atoms with Crippen LogP contribution in [0.3, 0.4) is 0 Å². The Labute approximate surface area is 101 Å². The van der Waals surface area contributed by atoms with Gasteiger partial charge in [0.1, 0.15) is 0 Å². The summed E-state index contributed by atoms with van der Waals surface area (Å²) in [6.45, 7) is 4.85. The van der Waals surface area contributed by atoms with Gasteiger partial charge in [-0.2, -0.15) is 4.52 Å². The Morgan fingerprint density at radius 3 is 2.94 bits per heavy atom. The minimum Gasteiger partial charge on any atom is -0.378 e. The second-order valence-corrected chi connectivity index (χ2v) is 4.85. The fourth-order valence-corrected chi connectivity index (χ4v) is 2.80. The van der Waals surface area contributed by atoms with E-state index in [1.807, 2.05) is 6.92 Å². The molecule has 1 saturated heterocycles. The summed E-state index contributed by atoms with van der Waals surface area (Å²) in [7, 11) is 0. The lowest BCUT2D eigenvalue weighted by atomic mass is 10.5. The maximum atomic E-state index is 11.7. The maximum Gasteiger partial charge on any atom is 0.275 e. The molecule has 3 rings (SSSR count). The Bertz CT molecular complexity index is 600. The summed E-state index contributed by atoms with van der Waals surface area (Å²) in [4.78, 5) is 18.8. The molecule has 1 aliphatic rings. The topological polar surface area (TPSA) is 59.7 Å². The average Bonchev–Trinajstić information content (AvgIpc) is 2.74. The quantitative estimate of drug-likeness (QED) is 0.730. The molecule has 17 heavy (non-hydrogen) atoms. The summed E-state index contributed by atoms with van der Waals surface area (Å²) in [6.07, 6.45) is 0. The first-order valence-corrected chi connectivity index (χ1v) is 6.26. The van der Waals surface area contributed by atoms with Crippen molar-refractivity contribution in [3.8, 4) is 0 Å². The number of ether oxygens (including phenoxy) is 1. The van der Waals surface area contributed by atoms with Crippen LogP contribution >= 0.6 is 11.3 Å². The zero-order valence-electron chi connectivity index (χ0n) is 9.42. The van der Waals surface area contributed by atoms with Crippen molar-refractivity contribution in [1.29, 1.82) is 0 Å². The molecule has 0 N–H and O–H groups in total. The van der Waals surface area contributed by atoms with Gasteiger partial charge in [0.15, 0.2) is 0 Å². The molecule has 0 aliphatic carbocycles. The van der Waals surface area contributed by atoms with E-state index in [1.165, 1.54) is 21.9 Å². The SMILES string of the molecule is Cc1cc(=O)n2nc(N3CCOCC3)sc2n1. The molecule has 2 aromatic heterocycles. The van der Waals surface area contributed by atoms with Crippen LogP contribution in [-0.2, 0) is 4.74 Å². The van der Waals surface area contributed by atoms with Gasteiger partial charge in [-0.1, -0.05) is 11.3 Å². The fraction of sp³-hybridized carbons (Fsp3) is 0.500. The molecule has 0 radical (unpaired) electrons. The van der Waals surface area contributed by atoms with E-state index in [4.69, 9.17) is 4.74 Å².